The first-order valence-electron chi connectivity index (χ1n) is 31.4. The van der Waals surface area contributed by atoms with Crippen LogP contribution in [-0.4, -0.2) is 19.5 Å². The van der Waals surface area contributed by atoms with Crippen LogP contribution >= 0.6 is 11.3 Å². The largest absolute Gasteiger partial charge is 0.456 e. The number of hydrogen-bond acceptors (Lipinski definition) is 7. The van der Waals surface area contributed by atoms with Gasteiger partial charge in [-0.05, 0) is 152 Å². The molecule has 7 nitrogen and oxygen atoms in total. The predicted octanol–water partition coefficient (Wildman–Crippen LogP) is 23.9. The lowest BCUT2D eigenvalue weighted by molar-refractivity contribution is 0.668. The summed E-state index contributed by atoms with van der Waals surface area (Å²) < 4.78 is 17.9. The number of para-hydroxylation sites is 2. The number of benzene rings is 14. The minimum atomic E-state index is 0.649. The Morgan fingerprint density at radius 3 is 1.60 bits per heavy atom. The van der Waals surface area contributed by atoms with Crippen molar-refractivity contribution in [2.75, 3.05) is 4.90 Å². The van der Waals surface area contributed by atoms with Crippen LogP contribution in [0, 0.1) is 0 Å². The molecule has 0 saturated heterocycles. The number of nitrogens with zero attached hydrogens (tertiary/aromatic N) is 5. The molecule has 0 fully saturated rings. The fourth-order valence-electron chi connectivity index (χ4n) is 14.9. The normalized spacial score (nSPS) is 12.1. The van der Waals surface area contributed by atoms with E-state index < -0.39 is 0 Å². The molecular weight excluding hydrogens is 1160 g/mol. The van der Waals surface area contributed by atoms with Crippen molar-refractivity contribution in [3.05, 3.63) is 297 Å². The lowest BCUT2D eigenvalue weighted by Crippen LogP contribution is -2.10. The van der Waals surface area contributed by atoms with Gasteiger partial charge in [0.25, 0.3) is 0 Å². The van der Waals surface area contributed by atoms with Gasteiger partial charge in [0.15, 0.2) is 5.82 Å². The molecule has 0 N–H and O–H groups in total. The maximum Gasteiger partial charge on any atom is 0.160 e. The first kappa shape index (κ1) is 51.6. The average molecular weight is 1200 g/mol. The van der Waals surface area contributed by atoms with Crippen LogP contribution in [0.2, 0.25) is 0 Å². The van der Waals surface area contributed by atoms with E-state index in [2.05, 4.69) is 240 Å². The van der Waals surface area contributed by atoms with Crippen LogP contribution in [0.3, 0.4) is 0 Å². The summed E-state index contributed by atoms with van der Waals surface area (Å²) in [7, 11) is 0. The fourth-order valence-corrected chi connectivity index (χ4v) is 16.1. The molecule has 0 radical (unpaired) electrons. The van der Waals surface area contributed by atoms with E-state index in [0.717, 1.165) is 122 Å². The molecule has 6 aromatic heterocycles. The molecule has 0 aliphatic carbocycles. The number of rotatable bonds is 8. The van der Waals surface area contributed by atoms with Gasteiger partial charge in [-0.2, -0.15) is 0 Å². The molecular formula is C85H49N5O2S. The van der Waals surface area contributed by atoms with E-state index in [-0.39, 0.29) is 0 Å². The van der Waals surface area contributed by atoms with Crippen molar-refractivity contribution >= 4 is 157 Å². The summed E-state index contributed by atoms with van der Waals surface area (Å²) in [5.41, 5.74) is 16.4. The van der Waals surface area contributed by atoms with Crippen LogP contribution in [0.1, 0.15) is 0 Å². The summed E-state index contributed by atoms with van der Waals surface area (Å²) in [6, 6.07) is 105. The van der Waals surface area contributed by atoms with Crippen molar-refractivity contribution in [3.8, 4) is 50.8 Å². The molecule has 0 spiro atoms. The Morgan fingerprint density at radius 1 is 0.333 bits per heavy atom. The highest BCUT2D eigenvalue weighted by Crippen LogP contribution is 2.50. The second-order valence-electron chi connectivity index (χ2n) is 24.1. The molecule has 0 atom stereocenters. The monoisotopic (exact) mass is 1200 g/mol. The summed E-state index contributed by atoms with van der Waals surface area (Å²) in [6.45, 7) is 0. The van der Waals surface area contributed by atoms with Crippen molar-refractivity contribution in [1.82, 2.24) is 19.5 Å². The third-order valence-corrected chi connectivity index (χ3v) is 20.2. The molecule has 8 heteroatoms. The van der Waals surface area contributed by atoms with E-state index in [1.165, 1.54) is 68.8 Å². The summed E-state index contributed by atoms with van der Waals surface area (Å²) in [6.07, 6.45) is 1.81. The number of thiophene rings is 1. The van der Waals surface area contributed by atoms with Crippen LogP contribution in [0.25, 0.3) is 180 Å². The Kier molecular flexibility index (Phi) is 11.2. The number of anilines is 3. The van der Waals surface area contributed by atoms with Crippen molar-refractivity contribution < 1.29 is 8.83 Å². The Labute approximate surface area is 535 Å². The van der Waals surface area contributed by atoms with Crippen molar-refractivity contribution in [1.29, 1.82) is 0 Å². The third kappa shape index (κ3) is 7.92. The van der Waals surface area contributed by atoms with E-state index in [1.54, 1.807) is 0 Å². The second kappa shape index (κ2) is 20.1. The molecule has 0 amide bonds. The summed E-state index contributed by atoms with van der Waals surface area (Å²) >= 11 is 1.89. The zero-order valence-electron chi connectivity index (χ0n) is 49.8. The molecule has 14 aromatic carbocycles. The summed E-state index contributed by atoms with van der Waals surface area (Å²) in [5.74, 6) is 0.649. The van der Waals surface area contributed by atoms with Gasteiger partial charge in [-0.25, -0.2) is 9.97 Å². The first-order chi connectivity index (χ1) is 46.1. The van der Waals surface area contributed by atoms with E-state index in [0.29, 0.717) is 5.82 Å². The van der Waals surface area contributed by atoms with Crippen molar-refractivity contribution in [2.24, 2.45) is 0 Å². The fraction of sp³-hybridized carbons (Fsp3) is 0. The molecule has 0 saturated carbocycles. The Bertz CT molecular complexity index is 6330. The molecule has 0 aliphatic rings. The quantitative estimate of drug-likeness (QED) is 0.141. The molecule has 6 heterocycles. The molecule has 93 heavy (non-hydrogen) atoms. The minimum Gasteiger partial charge on any atom is -0.456 e. The van der Waals surface area contributed by atoms with Gasteiger partial charge < -0.3 is 18.3 Å². The van der Waals surface area contributed by atoms with Crippen LogP contribution in [0.15, 0.2) is 306 Å². The number of pyridine rings is 1. The highest BCUT2D eigenvalue weighted by Gasteiger charge is 2.25. The van der Waals surface area contributed by atoms with Gasteiger partial charge in [0.2, 0.25) is 0 Å². The number of aromatic nitrogens is 4. The highest BCUT2D eigenvalue weighted by molar-refractivity contribution is 7.26. The molecule has 0 aliphatic heterocycles. The van der Waals surface area contributed by atoms with Crippen LogP contribution < -0.4 is 4.90 Å². The van der Waals surface area contributed by atoms with Gasteiger partial charge in [0, 0.05) is 87.6 Å². The molecule has 20 rings (SSSR count). The Balaban J connectivity index is 0.818. The zero-order valence-corrected chi connectivity index (χ0v) is 50.6. The average Bonchev–Trinajstić information content (AvgIpc) is 1.57. The lowest BCUT2D eigenvalue weighted by atomic mass is 9.93. The molecule has 0 unspecified atom stereocenters. The number of fused-ring (bicyclic) bond motifs is 20. The smallest absolute Gasteiger partial charge is 0.160 e. The van der Waals surface area contributed by atoms with Gasteiger partial charge in [-0.15, -0.1) is 11.3 Å². The standard InChI is InChI=1S/C85H49N5O2S/c1-2-17-51(18-3-1)85-87-73(49-74(88-85)72-29-12-13-44-86-72)50-34-36-52(37-35-50)90-76-31-16-28-64(82(76)66-41-40-65-71-47-67-59-21-6-4-19-55(59)56-20-5-7-22-60(56)68(67)48-81(71)93-84(65)83(66)90)58-25-14-27-61-57(58)26-15-30-75(61)89(53-38-42-79-69(45-53)62-23-8-10-32-77(62)91-79)54-39-43-80-70(46-54)63-24-9-11-33-78(63)92-80/h1-49H. The Morgan fingerprint density at radius 2 is 0.903 bits per heavy atom. The molecule has 432 valence electrons. The second-order valence-corrected chi connectivity index (χ2v) is 25.2. The van der Waals surface area contributed by atoms with E-state index in [4.69, 9.17) is 23.8 Å². The summed E-state index contributed by atoms with van der Waals surface area (Å²) in [5, 5.41) is 19.0. The van der Waals surface area contributed by atoms with Gasteiger partial charge in [-0.3, -0.25) is 4.98 Å². The topological polar surface area (TPSA) is 73.1 Å². The van der Waals surface area contributed by atoms with Crippen LogP contribution in [0.4, 0.5) is 17.1 Å². The highest BCUT2D eigenvalue weighted by atomic mass is 32.1. The van der Waals surface area contributed by atoms with Crippen LogP contribution in [0.5, 0.6) is 0 Å². The third-order valence-electron chi connectivity index (χ3n) is 19.0. The van der Waals surface area contributed by atoms with E-state index in [1.807, 2.05) is 78.2 Å². The maximum absolute atomic E-state index is 6.43. The van der Waals surface area contributed by atoms with Crippen molar-refractivity contribution in [3.63, 3.8) is 0 Å². The van der Waals surface area contributed by atoms with Gasteiger partial charge in [0.05, 0.1) is 38.5 Å². The number of hydrogen-bond donors (Lipinski definition) is 0. The maximum atomic E-state index is 6.43. The van der Waals surface area contributed by atoms with Gasteiger partial charge in [-0.1, -0.05) is 188 Å². The molecule has 0 bridgehead atoms. The molecule has 20 aromatic rings. The van der Waals surface area contributed by atoms with Gasteiger partial charge in [0.1, 0.15) is 22.3 Å². The SMILES string of the molecule is c1ccc(-c2nc(-c3ccc(-n4c5cccc(-c6cccc7c(N(c8ccc9oc%10ccccc%10c9c8)c8ccc9oc%10ccccc%10c9c8)cccc67)c5c5ccc6c7cc8c9ccccc9c9ccccc9c8cc7sc6c54)cc3)cc(-c3ccccn3)n2)cc1. The van der Waals surface area contributed by atoms with E-state index >= 15 is 0 Å². The van der Waals surface area contributed by atoms with Gasteiger partial charge >= 0.3 is 0 Å². The minimum absolute atomic E-state index is 0.649. The Hall–Kier alpha value is -12.2. The van der Waals surface area contributed by atoms with E-state index in [9.17, 15) is 0 Å². The lowest BCUT2D eigenvalue weighted by Gasteiger charge is -2.27. The summed E-state index contributed by atoms with van der Waals surface area (Å²) in [4.78, 5) is 17.4. The predicted molar refractivity (Wildman–Crippen MR) is 388 cm³/mol. The number of furan rings is 2. The van der Waals surface area contributed by atoms with Crippen molar-refractivity contribution in [2.45, 2.75) is 0 Å². The van der Waals surface area contributed by atoms with Crippen LogP contribution in [-0.2, 0) is 0 Å². The zero-order chi connectivity index (χ0) is 60.8. The first-order valence-corrected chi connectivity index (χ1v) is 32.2.